The Morgan fingerprint density at radius 3 is 3.08 bits per heavy atom. The summed E-state index contributed by atoms with van der Waals surface area (Å²) in [6.07, 6.45) is 8.28. The molecule has 2 aromatic rings. The van der Waals surface area contributed by atoms with E-state index < -0.39 is 0 Å². The van der Waals surface area contributed by atoms with Crippen LogP contribution in [0.2, 0.25) is 0 Å². The first-order valence-corrected chi connectivity index (χ1v) is 4.61. The van der Waals surface area contributed by atoms with Crippen molar-refractivity contribution in [1.82, 2.24) is 19.6 Å². The second-order valence-corrected chi connectivity index (χ2v) is 3.41. The molecule has 4 nitrogen and oxygen atoms in total. The van der Waals surface area contributed by atoms with Crippen molar-refractivity contribution in [2.24, 2.45) is 0 Å². The molecule has 0 saturated heterocycles. The van der Waals surface area contributed by atoms with E-state index in [2.05, 4.69) is 15.1 Å². The van der Waals surface area contributed by atoms with Crippen LogP contribution in [-0.2, 0) is 12.8 Å². The van der Waals surface area contributed by atoms with Crippen molar-refractivity contribution in [1.29, 1.82) is 0 Å². The topological polar surface area (TPSA) is 43.1 Å². The van der Waals surface area contributed by atoms with Gasteiger partial charge < -0.3 is 0 Å². The van der Waals surface area contributed by atoms with Crippen LogP contribution in [0.15, 0.2) is 12.5 Å². The van der Waals surface area contributed by atoms with Gasteiger partial charge in [-0.1, -0.05) is 0 Å². The Balaban J connectivity index is 2.34. The van der Waals surface area contributed by atoms with Gasteiger partial charge in [0.1, 0.15) is 6.33 Å². The Hall–Kier alpha value is -1.45. The zero-order chi connectivity index (χ0) is 8.67. The largest absolute Gasteiger partial charge is 0.252 e. The average molecular weight is 174 g/mol. The van der Waals surface area contributed by atoms with Crippen molar-refractivity contribution >= 4 is 5.78 Å². The third-order valence-electron chi connectivity index (χ3n) is 2.60. The predicted molar refractivity (Wildman–Crippen MR) is 47.4 cm³/mol. The highest BCUT2D eigenvalue weighted by Crippen LogP contribution is 2.19. The molecule has 0 radical (unpaired) electrons. The number of aryl methyl sites for hydroxylation is 2. The Kier molecular flexibility index (Phi) is 1.36. The predicted octanol–water partition coefficient (Wildman–Crippen LogP) is 1.00. The summed E-state index contributed by atoms with van der Waals surface area (Å²) < 4.78 is 1.87. The molecule has 13 heavy (non-hydrogen) atoms. The fraction of sp³-hybridized carbons (Fsp3) is 0.444. The van der Waals surface area contributed by atoms with Crippen LogP contribution in [0.1, 0.15) is 24.1 Å². The summed E-state index contributed by atoms with van der Waals surface area (Å²) in [5, 5.41) is 4.18. The quantitative estimate of drug-likeness (QED) is 0.598. The number of aromatic nitrogens is 4. The molecular weight excluding hydrogens is 164 g/mol. The molecule has 3 rings (SSSR count). The van der Waals surface area contributed by atoms with E-state index in [0.717, 1.165) is 18.6 Å². The van der Waals surface area contributed by atoms with Crippen molar-refractivity contribution in [2.75, 3.05) is 0 Å². The van der Waals surface area contributed by atoms with E-state index in [1.807, 2.05) is 10.7 Å². The van der Waals surface area contributed by atoms with E-state index in [1.165, 1.54) is 24.1 Å². The molecule has 66 valence electrons. The minimum absolute atomic E-state index is 0.723. The maximum atomic E-state index is 4.24. The Morgan fingerprint density at radius 1 is 1.15 bits per heavy atom. The fourth-order valence-corrected chi connectivity index (χ4v) is 1.94. The summed E-state index contributed by atoms with van der Waals surface area (Å²) in [5.41, 5.74) is 2.64. The monoisotopic (exact) mass is 174 g/mol. The van der Waals surface area contributed by atoms with Crippen molar-refractivity contribution in [3.05, 3.63) is 23.8 Å². The SMILES string of the molecule is c1nc2ncc3c(n2n1)CCCC3. The van der Waals surface area contributed by atoms with Crippen molar-refractivity contribution in [2.45, 2.75) is 25.7 Å². The Morgan fingerprint density at radius 2 is 2.08 bits per heavy atom. The van der Waals surface area contributed by atoms with Gasteiger partial charge in [-0.3, -0.25) is 0 Å². The van der Waals surface area contributed by atoms with E-state index in [4.69, 9.17) is 0 Å². The summed E-state index contributed by atoms with van der Waals surface area (Å²) in [4.78, 5) is 8.31. The molecule has 0 unspecified atom stereocenters. The van der Waals surface area contributed by atoms with Gasteiger partial charge >= 0.3 is 0 Å². The van der Waals surface area contributed by atoms with E-state index in [-0.39, 0.29) is 0 Å². The van der Waals surface area contributed by atoms with Gasteiger partial charge in [-0.2, -0.15) is 10.1 Å². The highest BCUT2D eigenvalue weighted by atomic mass is 15.3. The lowest BCUT2D eigenvalue weighted by Crippen LogP contribution is -2.10. The van der Waals surface area contributed by atoms with Gasteiger partial charge in [0.25, 0.3) is 5.78 Å². The molecule has 1 aliphatic rings. The van der Waals surface area contributed by atoms with E-state index >= 15 is 0 Å². The Labute approximate surface area is 75.6 Å². The summed E-state index contributed by atoms with van der Waals surface area (Å²) in [6.45, 7) is 0. The fourth-order valence-electron chi connectivity index (χ4n) is 1.94. The molecule has 0 aromatic carbocycles. The summed E-state index contributed by atoms with van der Waals surface area (Å²) in [7, 11) is 0. The van der Waals surface area contributed by atoms with Crippen LogP contribution in [0.4, 0.5) is 0 Å². The van der Waals surface area contributed by atoms with Gasteiger partial charge in [-0.25, -0.2) is 9.50 Å². The van der Waals surface area contributed by atoms with Gasteiger partial charge in [0.15, 0.2) is 0 Å². The zero-order valence-corrected chi connectivity index (χ0v) is 7.27. The molecule has 2 aromatic heterocycles. The number of rotatable bonds is 0. The first kappa shape index (κ1) is 7.00. The maximum Gasteiger partial charge on any atom is 0.252 e. The van der Waals surface area contributed by atoms with Crippen molar-refractivity contribution in [3.63, 3.8) is 0 Å². The lowest BCUT2D eigenvalue weighted by atomic mass is 9.98. The minimum Gasteiger partial charge on any atom is -0.219 e. The maximum absolute atomic E-state index is 4.24. The molecule has 0 amide bonds. The van der Waals surface area contributed by atoms with E-state index in [1.54, 1.807) is 6.33 Å². The van der Waals surface area contributed by atoms with Gasteiger partial charge in [0.2, 0.25) is 0 Å². The van der Waals surface area contributed by atoms with E-state index in [9.17, 15) is 0 Å². The highest BCUT2D eigenvalue weighted by molar-refractivity contribution is 5.32. The van der Waals surface area contributed by atoms with Crippen LogP contribution in [0, 0.1) is 0 Å². The molecule has 0 atom stereocenters. The van der Waals surface area contributed by atoms with Crippen LogP contribution in [0.5, 0.6) is 0 Å². The molecule has 1 aliphatic carbocycles. The summed E-state index contributed by atoms with van der Waals surface area (Å²) in [5.74, 6) is 0.723. The highest BCUT2D eigenvalue weighted by Gasteiger charge is 2.13. The van der Waals surface area contributed by atoms with E-state index in [0.29, 0.717) is 0 Å². The smallest absolute Gasteiger partial charge is 0.219 e. The first-order chi connectivity index (χ1) is 6.45. The normalized spacial score (nSPS) is 16.0. The van der Waals surface area contributed by atoms with Crippen LogP contribution < -0.4 is 0 Å². The van der Waals surface area contributed by atoms with Crippen LogP contribution in [0.25, 0.3) is 5.78 Å². The van der Waals surface area contributed by atoms with Gasteiger partial charge in [0, 0.05) is 6.20 Å². The second kappa shape index (κ2) is 2.52. The molecule has 0 saturated carbocycles. The Bertz CT molecular complexity index is 446. The third-order valence-corrected chi connectivity index (χ3v) is 2.60. The number of nitrogens with zero attached hydrogens (tertiary/aromatic N) is 4. The lowest BCUT2D eigenvalue weighted by molar-refractivity contribution is 0.640. The standard InChI is InChI=1S/C9H10N4/c1-2-4-8-7(3-1)5-10-9-11-6-12-13(8)9/h5-6H,1-4H2. The minimum atomic E-state index is 0.723. The third kappa shape index (κ3) is 0.946. The zero-order valence-electron chi connectivity index (χ0n) is 7.27. The summed E-state index contributed by atoms with van der Waals surface area (Å²) >= 11 is 0. The van der Waals surface area contributed by atoms with Crippen LogP contribution >= 0.6 is 0 Å². The molecule has 0 spiro atoms. The lowest BCUT2D eigenvalue weighted by Gasteiger charge is -2.14. The molecule has 0 bridgehead atoms. The molecule has 0 N–H and O–H groups in total. The number of fused-ring (bicyclic) bond motifs is 3. The average Bonchev–Trinajstić information content (AvgIpc) is 2.65. The van der Waals surface area contributed by atoms with Gasteiger partial charge in [-0.15, -0.1) is 0 Å². The van der Waals surface area contributed by atoms with Gasteiger partial charge in [0.05, 0.1) is 5.69 Å². The first-order valence-electron chi connectivity index (χ1n) is 4.61. The number of hydrogen-bond acceptors (Lipinski definition) is 3. The van der Waals surface area contributed by atoms with Gasteiger partial charge in [-0.05, 0) is 31.2 Å². The summed E-state index contributed by atoms with van der Waals surface area (Å²) in [6, 6.07) is 0. The molecular formula is C9H10N4. The molecule has 0 fully saturated rings. The molecule has 2 heterocycles. The van der Waals surface area contributed by atoms with Crippen molar-refractivity contribution in [3.8, 4) is 0 Å². The van der Waals surface area contributed by atoms with Crippen molar-refractivity contribution < 1.29 is 0 Å². The van der Waals surface area contributed by atoms with Crippen LogP contribution in [0.3, 0.4) is 0 Å². The second-order valence-electron chi connectivity index (χ2n) is 3.41. The molecule has 4 heteroatoms. The number of hydrogen-bond donors (Lipinski definition) is 0. The molecule has 0 aliphatic heterocycles. The van der Waals surface area contributed by atoms with Crippen LogP contribution in [-0.4, -0.2) is 19.6 Å².